The summed E-state index contributed by atoms with van der Waals surface area (Å²) in [6, 6.07) is 0. The first-order chi connectivity index (χ1) is 4.31. The van der Waals surface area contributed by atoms with E-state index >= 15 is 0 Å². The first-order valence-electron chi connectivity index (χ1n) is 4.06. The van der Waals surface area contributed by atoms with Crippen LogP contribution in [0.4, 0.5) is 0 Å². The van der Waals surface area contributed by atoms with Crippen molar-refractivity contribution < 1.29 is 0 Å². The van der Waals surface area contributed by atoms with E-state index in [-0.39, 0.29) is 0 Å². The Morgan fingerprint density at radius 2 is 1.60 bits per heavy atom. The molecule has 0 radical (unpaired) electrons. The van der Waals surface area contributed by atoms with Gasteiger partial charge in [0.15, 0.2) is 0 Å². The lowest BCUT2D eigenvalue weighted by Gasteiger charge is -2.37. The normalized spacial score (nSPS) is 13.8. The van der Waals surface area contributed by atoms with E-state index in [1.807, 2.05) is 0 Å². The zero-order valence-corrected chi connectivity index (χ0v) is 9.21. The molecule has 2 heteroatoms. The molecule has 0 saturated heterocycles. The van der Waals surface area contributed by atoms with Crippen molar-refractivity contribution in [3.63, 3.8) is 0 Å². The maximum Gasteiger partial charge on any atom is 0.124 e. The first-order valence-corrected chi connectivity index (χ1v) is 7.06. The third-order valence-corrected chi connectivity index (χ3v) is 7.48. The van der Waals surface area contributed by atoms with Gasteiger partial charge < -0.3 is 4.98 Å². The monoisotopic (exact) mass is 159 g/mol. The molecule has 0 fully saturated rings. The minimum Gasteiger partial charge on any atom is -0.337 e. The molecule has 0 unspecified atom stereocenters. The summed E-state index contributed by atoms with van der Waals surface area (Å²) in [6.45, 7) is 15.0. The summed E-state index contributed by atoms with van der Waals surface area (Å²) in [4.78, 5) is 3.60. The second-order valence-electron chi connectivity index (χ2n) is 4.41. The van der Waals surface area contributed by atoms with Crippen LogP contribution in [-0.2, 0) is 0 Å². The standard InChI is InChI=1S/C8H21NSi/c1-7-9-10(5,6)8(2,3)4/h9H,7H2,1-6H3. The Labute approximate surface area is 66.3 Å². The minimum atomic E-state index is -1.15. The molecule has 0 amide bonds. The molecule has 0 saturated carbocycles. The molecule has 0 rings (SSSR count). The fraction of sp³-hybridized carbons (Fsp3) is 1.00. The lowest BCUT2D eigenvalue weighted by atomic mass is 10.2. The molecule has 0 bridgehead atoms. The average molecular weight is 159 g/mol. The average Bonchev–Trinajstić information content (AvgIpc) is 1.61. The molecule has 0 aromatic rings. The highest BCUT2D eigenvalue weighted by Gasteiger charge is 2.34. The lowest BCUT2D eigenvalue weighted by molar-refractivity contribution is 0.690. The van der Waals surface area contributed by atoms with E-state index < -0.39 is 8.24 Å². The van der Waals surface area contributed by atoms with Crippen LogP contribution in [0.2, 0.25) is 18.1 Å². The zero-order chi connectivity index (χ0) is 8.41. The van der Waals surface area contributed by atoms with Gasteiger partial charge in [-0.15, -0.1) is 0 Å². The molecule has 0 aliphatic heterocycles. The Balaban J connectivity index is 4.10. The molecule has 0 aromatic carbocycles. The molecule has 1 nitrogen and oxygen atoms in total. The van der Waals surface area contributed by atoms with Crippen molar-refractivity contribution in [3.8, 4) is 0 Å². The van der Waals surface area contributed by atoms with Gasteiger partial charge in [-0.05, 0) is 11.6 Å². The van der Waals surface area contributed by atoms with Gasteiger partial charge in [0.2, 0.25) is 0 Å². The topological polar surface area (TPSA) is 12.0 Å². The Kier molecular flexibility index (Phi) is 3.11. The van der Waals surface area contributed by atoms with Crippen molar-refractivity contribution in [1.29, 1.82) is 0 Å². The van der Waals surface area contributed by atoms with Crippen molar-refractivity contribution in [2.45, 2.75) is 45.8 Å². The summed E-state index contributed by atoms with van der Waals surface area (Å²) in [5.74, 6) is 0. The van der Waals surface area contributed by atoms with E-state index in [2.05, 4.69) is 45.8 Å². The Bertz CT molecular complexity index is 102. The molecule has 0 atom stereocenters. The van der Waals surface area contributed by atoms with Crippen molar-refractivity contribution in [2.75, 3.05) is 6.54 Å². The Morgan fingerprint density at radius 1 is 1.20 bits per heavy atom. The van der Waals surface area contributed by atoms with Crippen LogP contribution >= 0.6 is 0 Å². The highest BCUT2D eigenvalue weighted by Crippen LogP contribution is 2.33. The molecular weight excluding hydrogens is 138 g/mol. The molecule has 62 valence electrons. The van der Waals surface area contributed by atoms with E-state index in [1.165, 1.54) is 0 Å². The number of nitrogens with one attached hydrogen (secondary N) is 1. The van der Waals surface area contributed by atoms with Gasteiger partial charge in [0.05, 0.1) is 0 Å². The highest BCUT2D eigenvalue weighted by atomic mass is 28.3. The maximum absolute atomic E-state index is 3.60. The molecule has 0 aromatic heterocycles. The van der Waals surface area contributed by atoms with E-state index in [0.717, 1.165) is 6.54 Å². The molecule has 10 heavy (non-hydrogen) atoms. The van der Waals surface area contributed by atoms with E-state index in [0.29, 0.717) is 5.04 Å². The smallest absolute Gasteiger partial charge is 0.124 e. The third kappa shape index (κ3) is 2.43. The van der Waals surface area contributed by atoms with Crippen LogP contribution in [0.1, 0.15) is 27.7 Å². The molecule has 0 spiro atoms. The fourth-order valence-corrected chi connectivity index (χ4v) is 2.12. The molecular formula is C8H21NSi. The largest absolute Gasteiger partial charge is 0.337 e. The maximum atomic E-state index is 3.60. The molecule has 0 aliphatic carbocycles. The summed E-state index contributed by atoms with van der Waals surface area (Å²) < 4.78 is 0. The van der Waals surface area contributed by atoms with Crippen LogP contribution in [0, 0.1) is 0 Å². The number of hydrogen-bond donors (Lipinski definition) is 1. The Hall–Kier alpha value is 0.177. The summed E-state index contributed by atoms with van der Waals surface area (Å²) in [5.41, 5.74) is 0. The number of hydrogen-bond acceptors (Lipinski definition) is 1. The quantitative estimate of drug-likeness (QED) is 0.611. The van der Waals surface area contributed by atoms with Gasteiger partial charge in [-0.25, -0.2) is 0 Å². The van der Waals surface area contributed by atoms with Crippen molar-refractivity contribution in [1.82, 2.24) is 4.98 Å². The molecule has 1 N–H and O–H groups in total. The fourth-order valence-electron chi connectivity index (χ4n) is 0.707. The van der Waals surface area contributed by atoms with Crippen molar-refractivity contribution in [2.24, 2.45) is 0 Å². The highest BCUT2D eigenvalue weighted by molar-refractivity contribution is 6.77. The Morgan fingerprint density at radius 3 is 1.70 bits per heavy atom. The zero-order valence-electron chi connectivity index (χ0n) is 8.21. The second-order valence-corrected chi connectivity index (χ2v) is 9.51. The van der Waals surface area contributed by atoms with Gasteiger partial charge in [0.1, 0.15) is 8.24 Å². The van der Waals surface area contributed by atoms with Gasteiger partial charge in [-0.3, -0.25) is 0 Å². The summed E-state index contributed by atoms with van der Waals surface area (Å²) in [7, 11) is -1.15. The SMILES string of the molecule is CCN[Si](C)(C)C(C)(C)C. The van der Waals surface area contributed by atoms with Crippen molar-refractivity contribution in [3.05, 3.63) is 0 Å². The predicted octanol–water partition coefficient (Wildman–Crippen LogP) is 2.60. The van der Waals surface area contributed by atoms with Crippen LogP contribution in [0.5, 0.6) is 0 Å². The van der Waals surface area contributed by atoms with Gasteiger partial charge in [-0.2, -0.15) is 0 Å². The van der Waals surface area contributed by atoms with Crippen LogP contribution < -0.4 is 4.98 Å². The van der Waals surface area contributed by atoms with Gasteiger partial charge in [-0.1, -0.05) is 40.8 Å². The van der Waals surface area contributed by atoms with Crippen molar-refractivity contribution >= 4 is 8.24 Å². The summed E-state index contributed by atoms with van der Waals surface area (Å²) in [5, 5.41) is 0.475. The van der Waals surface area contributed by atoms with Crippen LogP contribution in [0.25, 0.3) is 0 Å². The first kappa shape index (κ1) is 10.2. The van der Waals surface area contributed by atoms with Crippen LogP contribution in [0.15, 0.2) is 0 Å². The second kappa shape index (κ2) is 3.05. The molecule has 0 heterocycles. The predicted molar refractivity (Wildman–Crippen MR) is 50.9 cm³/mol. The van der Waals surface area contributed by atoms with E-state index in [4.69, 9.17) is 0 Å². The van der Waals surface area contributed by atoms with Gasteiger partial charge in [0, 0.05) is 0 Å². The number of rotatable bonds is 2. The van der Waals surface area contributed by atoms with Crippen LogP contribution in [-0.4, -0.2) is 14.8 Å². The van der Waals surface area contributed by atoms with E-state index in [9.17, 15) is 0 Å². The third-order valence-electron chi connectivity index (χ3n) is 2.49. The van der Waals surface area contributed by atoms with E-state index in [1.54, 1.807) is 0 Å². The van der Waals surface area contributed by atoms with Gasteiger partial charge >= 0.3 is 0 Å². The lowest BCUT2D eigenvalue weighted by Crippen LogP contribution is -2.51. The van der Waals surface area contributed by atoms with Crippen LogP contribution in [0.3, 0.4) is 0 Å². The summed E-state index contributed by atoms with van der Waals surface area (Å²) in [6.07, 6.45) is 0. The van der Waals surface area contributed by atoms with Gasteiger partial charge in [0.25, 0.3) is 0 Å². The molecule has 0 aliphatic rings. The summed E-state index contributed by atoms with van der Waals surface area (Å²) >= 11 is 0. The minimum absolute atomic E-state index is 0.475.